The van der Waals surface area contributed by atoms with Gasteiger partial charge in [0.25, 0.3) is 5.91 Å². The molecular weight excluding hydrogens is 232 g/mol. The fraction of sp³-hybridized carbons (Fsp3) is 0.923. The summed E-state index contributed by atoms with van der Waals surface area (Å²) in [5.41, 5.74) is -0.623. The van der Waals surface area contributed by atoms with Crippen LogP contribution in [0.25, 0.3) is 0 Å². The SMILES string of the molecule is COC1(C(=O)N2C[C@@H](C)O[C@@H](C)C2)CCNCC1. The van der Waals surface area contributed by atoms with Gasteiger partial charge in [-0.1, -0.05) is 0 Å². The van der Waals surface area contributed by atoms with Crippen molar-refractivity contribution in [2.75, 3.05) is 33.3 Å². The summed E-state index contributed by atoms with van der Waals surface area (Å²) in [5, 5.41) is 3.27. The van der Waals surface area contributed by atoms with Gasteiger partial charge in [-0.2, -0.15) is 0 Å². The Morgan fingerprint density at radius 1 is 1.28 bits per heavy atom. The normalized spacial score (nSPS) is 32.3. The van der Waals surface area contributed by atoms with Crippen molar-refractivity contribution in [2.24, 2.45) is 0 Å². The van der Waals surface area contributed by atoms with E-state index in [0.717, 1.165) is 25.9 Å². The predicted molar refractivity (Wildman–Crippen MR) is 68.4 cm³/mol. The maximum atomic E-state index is 12.7. The van der Waals surface area contributed by atoms with Crippen molar-refractivity contribution in [3.63, 3.8) is 0 Å². The first-order valence-corrected chi connectivity index (χ1v) is 6.78. The van der Waals surface area contributed by atoms with Gasteiger partial charge in [-0.25, -0.2) is 0 Å². The number of ether oxygens (including phenoxy) is 2. The van der Waals surface area contributed by atoms with Crippen molar-refractivity contribution in [1.82, 2.24) is 10.2 Å². The standard InChI is InChI=1S/C13H24N2O3/c1-10-8-15(9-11(2)18-10)12(16)13(17-3)4-6-14-7-5-13/h10-11,14H,4-9H2,1-3H3/t10-,11+. The molecule has 5 nitrogen and oxygen atoms in total. The Hall–Kier alpha value is -0.650. The van der Waals surface area contributed by atoms with E-state index in [0.29, 0.717) is 13.1 Å². The summed E-state index contributed by atoms with van der Waals surface area (Å²) in [5.74, 6) is 0.133. The van der Waals surface area contributed by atoms with Gasteiger partial charge in [-0.05, 0) is 39.8 Å². The van der Waals surface area contributed by atoms with Gasteiger partial charge >= 0.3 is 0 Å². The van der Waals surface area contributed by atoms with E-state index >= 15 is 0 Å². The number of hydrogen-bond acceptors (Lipinski definition) is 4. The molecule has 0 aliphatic carbocycles. The smallest absolute Gasteiger partial charge is 0.255 e. The third-order valence-corrected chi connectivity index (χ3v) is 3.90. The van der Waals surface area contributed by atoms with Crippen LogP contribution in [-0.2, 0) is 14.3 Å². The number of piperidine rings is 1. The van der Waals surface area contributed by atoms with Gasteiger partial charge in [0.2, 0.25) is 0 Å². The Labute approximate surface area is 109 Å². The van der Waals surface area contributed by atoms with Gasteiger partial charge in [0.15, 0.2) is 0 Å². The molecule has 0 aromatic carbocycles. The lowest BCUT2D eigenvalue weighted by molar-refractivity contribution is -0.168. The number of rotatable bonds is 2. The zero-order valence-electron chi connectivity index (χ0n) is 11.6. The fourth-order valence-electron chi connectivity index (χ4n) is 2.97. The van der Waals surface area contributed by atoms with Crippen molar-refractivity contribution in [1.29, 1.82) is 0 Å². The molecule has 104 valence electrons. The number of carbonyl (C=O) groups excluding carboxylic acids is 1. The van der Waals surface area contributed by atoms with Gasteiger partial charge in [0.05, 0.1) is 12.2 Å². The van der Waals surface area contributed by atoms with Gasteiger partial charge in [0, 0.05) is 20.2 Å². The number of methoxy groups -OCH3 is 1. The summed E-state index contributed by atoms with van der Waals surface area (Å²) in [6.45, 7) is 7.04. The van der Waals surface area contributed by atoms with Gasteiger partial charge < -0.3 is 19.7 Å². The number of nitrogens with zero attached hydrogens (tertiary/aromatic N) is 1. The van der Waals surface area contributed by atoms with Gasteiger partial charge in [-0.3, -0.25) is 4.79 Å². The van der Waals surface area contributed by atoms with Crippen molar-refractivity contribution in [2.45, 2.75) is 44.5 Å². The molecule has 18 heavy (non-hydrogen) atoms. The Morgan fingerprint density at radius 3 is 2.33 bits per heavy atom. The number of amides is 1. The first-order valence-electron chi connectivity index (χ1n) is 6.78. The zero-order chi connectivity index (χ0) is 13.2. The maximum Gasteiger partial charge on any atom is 0.255 e. The second kappa shape index (κ2) is 5.55. The molecule has 2 saturated heterocycles. The van der Waals surface area contributed by atoms with Crippen molar-refractivity contribution < 1.29 is 14.3 Å². The molecule has 0 radical (unpaired) electrons. The van der Waals surface area contributed by atoms with Crippen LogP contribution in [0.15, 0.2) is 0 Å². The summed E-state index contributed by atoms with van der Waals surface area (Å²) in [7, 11) is 1.65. The Morgan fingerprint density at radius 2 is 1.83 bits per heavy atom. The van der Waals surface area contributed by atoms with Crippen LogP contribution in [0.5, 0.6) is 0 Å². The summed E-state index contributed by atoms with van der Waals surface area (Å²) in [6, 6.07) is 0. The second-order valence-electron chi connectivity index (χ2n) is 5.42. The summed E-state index contributed by atoms with van der Waals surface area (Å²) >= 11 is 0. The lowest BCUT2D eigenvalue weighted by atomic mass is 9.90. The largest absolute Gasteiger partial charge is 0.372 e. The first-order chi connectivity index (χ1) is 8.57. The lowest BCUT2D eigenvalue weighted by Crippen LogP contribution is -2.59. The molecule has 0 aromatic rings. The average Bonchev–Trinajstić information content (AvgIpc) is 2.37. The van der Waals surface area contributed by atoms with Crippen LogP contribution in [0.4, 0.5) is 0 Å². The lowest BCUT2D eigenvalue weighted by Gasteiger charge is -2.42. The first kappa shape index (κ1) is 13.8. The molecule has 2 fully saturated rings. The average molecular weight is 256 g/mol. The molecule has 0 aromatic heterocycles. The van der Waals surface area contributed by atoms with E-state index in [2.05, 4.69) is 5.32 Å². The highest BCUT2D eigenvalue weighted by molar-refractivity contribution is 5.85. The number of hydrogen-bond donors (Lipinski definition) is 1. The van der Waals surface area contributed by atoms with Crippen LogP contribution < -0.4 is 5.32 Å². The highest BCUT2D eigenvalue weighted by Gasteiger charge is 2.43. The third kappa shape index (κ3) is 2.68. The van der Waals surface area contributed by atoms with Crippen molar-refractivity contribution in [3.05, 3.63) is 0 Å². The van der Waals surface area contributed by atoms with Crippen molar-refractivity contribution in [3.8, 4) is 0 Å². The Kier molecular flexibility index (Phi) is 4.25. The van der Waals surface area contributed by atoms with E-state index in [1.54, 1.807) is 7.11 Å². The van der Waals surface area contributed by atoms with E-state index in [9.17, 15) is 4.79 Å². The zero-order valence-corrected chi connectivity index (χ0v) is 11.6. The van der Waals surface area contributed by atoms with Crippen LogP contribution in [0.1, 0.15) is 26.7 Å². The molecular formula is C13H24N2O3. The molecule has 0 saturated carbocycles. The highest BCUT2D eigenvalue weighted by atomic mass is 16.5. The molecule has 1 amide bonds. The number of nitrogens with one attached hydrogen (secondary N) is 1. The van der Waals surface area contributed by atoms with Crippen molar-refractivity contribution >= 4 is 5.91 Å². The molecule has 0 unspecified atom stereocenters. The quantitative estimate of drug-likeness (QED) is 0.776. The molecule has 5 heteroatoms. The molecule has 0 spiro atoms. The molecule has 2 aliphatic rings. The minimum Gasteiger partial charge on any atom is -0.372 e. The van der Waals surface area contributed by atoms with Gasteiger partial charge in [-0.15, -0.1) is 0 Å². The molecule has 0 bridgehead atoms. The number of carbonyl (C=O) groups is 1. The van der Waals surface area contributed by atoms with Crippen LogP contribution in [0.3, 0.4) is 0 Å². The van der Waals surface area contributed by atoms with Crippen LogP contribution >= 0.6 is 0 Å². The molecule has 2 aliphatic heterocycles. The second-order valence-corrected chi connectivity index (χ2v) is 5.42. The summed E-state index contributed by atoms with van der Waals surface area (Å²) in [4.78, 5) is 14.6. The summed E-state index contributed by atoms with van der Waals surface area (Å²) in [6.07, 6.45) is 1.71. The Balaban J connectivity index is 2.08. The molecule has 2 atom stereocenters. The maximum absolute atomic E-state index is 12.7. The fourth-order valence-corrected chi connectivity index (χ4v) is 2.97. The van der Waals surface area contributed by atoms with Gasteiger partial charge in [0.1, 0.15) is 5.60 Å². The monoisotopic (exact) mass is 256 g/mol. The van der Waals surface area contributed by atoms with E-state index in [1.807, 2.05) is 18.7 Å². The topological polar surface area (TPSA) is 50.8 Å². The van der Waals surface area contributed by atoms with E-state index < -0.39 is 5.60 Å². The number of morpholine rings is 1. The molecule has 2 heterocycles. The van der Waals surface area contributed by atoms with E-state index in [-0.39, 0.29) is 18.1 Å². The Bertz CT molecular complexity index is 293. The molecule has 2 rings (SSSR count). The van der Waals surface area contributed by atoms with Crippen LogP contribution in [-0.4, -0.2) is 61.9 Å². The van der Waals surface area contributed by atoms with Crippen LogP contribution in [0.2, 0.25) is 0 Å². The van der Waals surface area contributed by atoms with E-state index in [1.165, 1.54) is 0 Å². The third-order valence-electron chi connectivity index (χ3n) is 3.90. The van der Waals surface area contributed by atoms with Crippen LogP contribution in [0, 0.1) is 0 Å². The predicted octanol–water partition coefficient (Wildman–Crippen LogP) is 0.391. The molecule has 1 N–H and O–H groups in total. The highest BCUT2D eigenvalue weighted by Crippen LogP contribution is 2.26. The minimum atomic E-state index is -0.623. The minimum absolute atomic E-state index is 0.105. The van der Waals surface area contributed by atoms with E-state index in [4.69, 9.17) is 9.47 Å². The summed E-state index contributed by atoms with van der Waals surface area (Å²) < 4.78 is 11.3.